The first-order valence-electron chi connectivity index (χ1n) is 5.40. The molecule has 2 N–H and O–H groups in total. The van der Waals surface area contributed by atoms with E-state index >= 15 is 0 Å². The summed E-state index contributed by atoms with van der Waals surface area (Å²) >= 11 is 1.70. The fourth-order valence-electron chi connectivity index (χ4n) is 1.31. The van der Waals surface area contributed by atoms with Gasteiger partial charge >= 0.3 is 5.97 Å². The monoisotopic (exact) mass is 246 g/mol. The summed E-state index contributed by atoms with van der Waals surface area (Å²) < 4.78 is 4.85. The molecule has 0 aromatic rings. The molecule has 1 rings (SSSR count). The van der Waals surface area contributed by atoms with Gasteiger partial charge in [0.05, 0.1) is 18.6 Å². The number of thioether (sulfide) groups is 1. The van der Waals surface area contributed by atoms with Crippen molar-refractivity contribution in [1.29, 1.82) is 0 Å². The Hall–Kier alpha value is -0.750. The standard InChI is InChI=1S/C10H18N2O3S/c1-3-15-10(14)7(2)4-11-9(13)8-5-16-6-12-8/h7-8,12H,3-6H2,1-2H3,(H,11,13). The molecule has 1 aliphatic heterocycles. The van der Waals surface area contributed by atoms with Gasteiger partial charge in [0.1, 0.15) is 0 Å². The van der Waals surface area contributed by atoms with Gasteiger partial charge in [-0.15, -0.1) is 11.8 Å². The molecule has 1 amide bonds. The van der Waals surface area contributed by atoms with Gasteiger partial charge < -0.3 is 10.1 Å². The minimum atomic E-state index is -0.294. The van der Waals surface area contributed by atoms with Crippen LogP contribution >= 0.6 is 11.8 Å². The van der Waals surface area contributed by atoms with Crippen LogP contribution in [0.2, 0.25) is 0 Å². The maximum atomic E-state index is 11.6. The molecule has 0 radical (unpaired) electrons. The summed E-state index contributed by atoms with van der Waals surface area (Å²) in [4.78, 5) is 22.9. The normalized spacial score (nSPS) is 21.5. The van der Waals surface area contributed by atoms with Gasteiger partial charge in [-0.3, -0.25) is 14.9 Å². The van der Waals surface area contributed by atoms with E-state index in [1.165, 1.54) is 0 Å². The summed E-state index contributed by atoms with van der Waals surface area (Å²) in [5.41, 5.74) is 0. The molecule has 92 valence electrons. The van der Waals surface area contributed by atoms with E-state index in [2.05, 4.69) is 10.6 Å². The number of hydrogen-bond donors (Lipinski definition) is 2. The zero-order valence-electron chi connectivity index (χ0n) is 9.62. The molecule has 16 heavy (non-hydrogen) atoms. The number of carbonyl (C=O) groups is 2. The molecule has 0 aromatic carbocycles. The first-order valence-corrected chi connectivity index (χ1v) is 6.56. The lowest BCUT2D eigenvalue weighted by atomic mass is 10.2. The van der Waals surface area contributed by atoms with E-state index in [4.69, 9.17) is 4.74 Å². The Morgan fingerprint density at radius 2 is 2.38 bits per heavy atom. The van der Waals surface area contributed by atoms with Gasteiger partial charge in [0, 0.05) is 18.2 Å². The van der Waals surface area contributed by atoms with Gasteiger partial charge in [-0.1, -0.05) is 6.92 Å². The Morgan fingerprint density at radius 3 is 2.94 bits per heavy atom. The highest BCUT2D eigenvalue weighted by molar-refractivity contribution is 7.99. The van der Waals surface area contributed by atoms with Crippen LogP contribution in [0.1, 0.15) is 13.8 Å². The molecule has 0 spiro atoms. The van der Waals surface area contributed by atoms with E-state index < -0.39 is 0 Å². The van der Waals surface area contributed by atoms with Crippen LogP contribution in [-0.4, -0.2) is 42.7 Å². The van der Waals surface area contributed by atoms with E-state index in [0.29, 0.717) is 13.2 Å². The third-order valence-electron chi connectivity index (χ3n) is 2.30. The summed E-state index contributed by atoms with van der Waals surface area (Å²) in [7, 11) is 0. The predicted octanol–water partition coefficient (Wildman–Crippen LogP) is -0.0357. The molecule has 1 saturated heterocycles. The quantitative estimate of drug-likeness (QED) is 0.667. The Balaban J connectivity index is 2.22. The van der Waals surface area contributed by atoms with Crippen molar-refractivity contribution in [3.05, 3.63) is 0 Å². The van der Waals surface area contributed by atoms with Gasteiger partial charge in [-0.25, -0.2) is 0 Å². The Labute approximate surface area is 99.7 Å². The predicted molar refractivity (Wildman–Crippen MR) is 63.1 cm³/mol. The van der Waals surface area contributed by atoms with Crippen LogP contribution in [0.5, 0.6) is 0 Å². The van der Waals surface area contributed by atoms with Crippen molar-refractivity contribution in [2.45, 2.75) is 19.9 Å². The van der Waals surface area contributed by atoms with Crippen LogP contribution in [0.25, 0.3) is 0 Å². The van der Waals surface area contributed by atoms with Gasteiger partial charge in [0.15, 0.2) is 0 Å². The summed E-state index contributed by atoms with van der Waals surface area (Å²) in [6.45, 7) is 4.22. The molecule has 1 fully saturated rings. The van der Waals surface area contributed by atoms with E-state index in [1.807, 2.05) is 0 Å². The number of rotatable bonds is 5. The van der Waals surface area contributed by atoms with E-state index in [-0.39, 0.29) is 23.8 Å². The maximum absolute atomic E-state index is 11.6. The number of ether oxygens (including phenoxy) is 1. The van der Waals surface area contributed by atoms with Crippen molar-refractivity contribution in [3.63, 3.8) is 0 Å². The van der Waals surface area contributed by atoms with Gasteiger partial charge in [-0.05, 0) is 6.92 Å². The third kappa shape index (κ3) is 4.02. The zero-order chi connectivity index (χ0) is 12.0. The highest BCUT2D eigenvalue weighted by Crippen LogP contribution is 2.09. The minimum Gasteiger partial charge on any atom is -0.466 e. The molecule has 1 aliphatic rings. The zero-order valence-corrected chi connectivity index (χ0v) is 10.4. The largest absolute Gasteiger partial charge is 0.466 e. The Morgan fingerprint density at radius 1 is 1.62 bits per heavy atom. The molecule has 2 unspecified atom stereocenters. The lowest BCUT2D eigenvalue weighted by Crippen LogP contribution is -2.44. The van der Waals surface area contributed by atoms with E-state index in [9.17, 15) is 9.59 Å². The average molecular weight is 246 g/mol. The summed E-state index contributed by atoms with van der Waals surface area (Å²) in [5, 5.41) is 5.82. The first-order chi connectivity index (χ1) is 7.65. The summed E-state index contributed by atoms with van der Waals surface area (Å²) in [6.07, 6.45) is 0. The Kier molecular flexibility index (Phi) is 5.62. The first kappa shape index (κ1) is 13.3. The topological polar surface area (TPSA) is 67.4 Å². The second-order valence-corrected chi connectivity index (χ2v) is 4.70. The Bertz CT molecular complexity index is 254. The maximum Gasteiger partial charge on any atom is 0.310 e. The lowest BCUT2D eigenvalue weighted by molar-refractivity contribution is -0.147. The van der Waals surface area contributed by atoms with Crippen LogP contribution in [0.15, 0.2) is 0 Å². The highest BCUT2D eigenvalue weighted by Gasteiger charge is 2.23. The van der Waals surface area contributed by atoms with Crippen molar-refractivity contribution >= 4 is 23.6 Å². The minimum absolute atomic E-state index is 0.0406. The van der Waals surface area contributed by atoms with Crippen molar-refractivity contribution in [2.24, 2.45) is 5.92 Å². The van der Waals surface area contributed by atoms with Crippen LogP contribution in [0.4, 0.5) is 0 Å². The van der Waals surface area contributed by atoms with Crippen LogP contribution in [0, 0.1) is 5.92 Å². The van der Waals surface area contributed by atoms with Gasteiger partial charge in [0.25, 0.3) is 0 Å². The number of amides is 1. The smallest absolute Gasteiger partial charge is 0.310 e. The summed E-state index contributed by atoms with van der Waals surface area (Å²) in [6, 6.07) is -0.126. The molecule has 0 aromatic heterocycles. The molecule has 5 nitrogen and oxygen atoms in total. The third-order valence-corrected chi connectivity index (χ3v) is 3.24. The van der Waals surface area contributed by atoms with Crippen molar-refractivity contribution in [1.82, 2.24) is 10.6 Å². The molecular formula is C10H18N2O3S. The second kappa shape index (κ2) is 6.75. The molecule has 0 aliphatic carbocycles. The van der Waals surface area contributed by atoms with E-state index in [1.54, 1.807) is 25.6 Å². The van der Waals surface area contributed by atoms with Crippen molar-refractivity contribution in [3.8, 4) is 0 Å². The van der Waals surface area contributed by atoms with Crippen LogP contribution in [0.3, 0.4) is 0 Å². The molecular weight excluding hydrogens is 228 g/mol. The molecule has 2 atom stereocenters. The van der Waals surface area contributed by atoms with Gasteiger partial charge in [-0.2, -0.15) is 0 Å². The summed E-state index contributed by atoms with van der Waals surface area (Å²) in [5.74, 6) is 1.00. The number of hydrogen-bond acceptors (Lipinski definition) is 5. The van der Waals surface area contributed by atoms with Crippen LogP contribution < -0.4 is 10.6 Å². The fourth-order valence-corrected chi connectivity index (χ4v) is 2.25. The molecule has 6 heteroatoms. The average Bonchev–Trinajstić information content (AvgIpc) is 2.79. The lowest BCUT2D eigenvalue weighted by Gasteiger charge is -2.14. The highest BCUT2D eigenvalue weighted by atomic mass is 32.2. The van der Waals surface area contributed by atoms with Crippen LogP contribution in [-0.2, 0) is 14.3 Å². The van der Waals surface area contributed by atoms with Crippen molar-refractivity contribution in [2.75, 3.05) is 24.8 Å². The van der Waals surface area contributed by atoms with Crippen molar-refractivity contribution < 1.29 is 14.3 Å². The molecule has 0 saturated carbocycles. The SMILES string of the molecule is CCOC(=O)C(C)CNC(=O)C1CSCN1. The molecule has 0 bridgehead atoms. The molecule has 1 heterocycles. The number of carbonyl (C=O) groups excluding carboxylic acids is 2. The van der Waals surface area contributed by atoms with Gasteiger partial charge in [0.2, 0.25) is 5.91 Å². The second-order valence-electron chi connectivity index (χ2n) is 3.67. The number of esters is 1. The number of nitrogens with one attached hydrogen (secondary N) is 2. The van der Waals surface area contributed by atoms with E-state index in [0.717, 1.165) is 11.6 Å². The fraction of sp³-hybridized carbons (Fsp3) is 0.800.